The molecule has 4 rings (SSSR count). The maximum absolute atomic E-state index is 4.75. The van der Waals surface area contributed by atoms with E-state index < -0.39 is 0 Å². The van der Waals surface area contributed by atoms with Crippen molar-refractivity contribution >= 4 is 28.5 Å². The number of fused-ring (bicyclic) bond motifs is 1. The van der Waals surface area contributed by atoms with Crippen molar-refractivity contribution in [1.29, 1.82) is 0 Å². The van der Waals surface area contributed by atoms with Crippen molar-refractivity contribution in [3.8, 4) is 11.4 Å². The molecule has 0 unspecified atom stereocenters. The van der Waals surface area contributed by atoms with Crippen LogP contribution in [0.5, 0.6) is 0 Å². The zero-order valence-corrected chi connectivity index (χ0v) is 15.8. The third-order valence-electron chi connectivity index (χ3n) is 4.29. The molecule has 1 aromatic carbocycles. The minimum Gasteiger partial charge on any atom is -0.378 e. The molecule has 6 nitrogen and oxygen atoms in total. The summed E-state index contributed by atoms with van der Waals surface area (Å²) < 4.78 is 1.81. The van der Waals surface area contributed by atoms with Crippen molar-refractivity contribution in [2.45, 2.75) is 6.54 Å². The first-order chi connectivity index (χ1) is 12.6. The van der Waals surface area contributed by atoms with E-state index in [0.717, 1.165) is 29.4 Å². The first kappa shape index (κ1) is 16.5. The van der Waals surface area contributed by atoms with Gasteiger partial charge >= 0.3 is 0 Å². The summed E-state index contributed by atoms with van der Waals surface area (Å²) in [5, 5.41) is 17.3. The van der Waals surface area contributed by atoms with Crippen molar-refractivity contribution in [3.05, 3.63) is 58.8 Å². The van der Waals surface area contributed by atoms with Gasteiger partial charge in [-0.3, -0.25) is 0 Å². The highest BCUT2D eigenvalue weighted by atomic mass is 32.1. The van der Waals surface area contributed by atoms with Crippen LogP contribution in [0.15, 0.2) is 53.2 Å². The second-order valence-electron chi connectivity index (χ2n) is 6.41. The third kappa shape index (κ3) is 3.13. The van der Waals surface area contributed by atoms with Gasteiger partial charge in [-0.15, -0.1) is 15.3 Å². The van der Waals surface area contributed by atoms with Gasteiger partial charge in [0, 0.05) is 44.3 Å². The van der Waals surface area contributed by atoms with Gasteiger partial charge in [0.2, 0.25) is 0 Å². The summed E-state index contributed by atoms with van der Waals surface area (Å²) in [6.07, 6.45) is 0. The SMILES string of the molecule is CN(C)c1ccc(CN(C)c2ccc3nnc(-c4ccsc4)n3n2)cc1. The lowest BCUT2D eigenvalue weighted by Gasteiger charge is -2.19. The van der Waals surface area contributed by atoms with Crippen LogP contribution >= 0.6 is 11.3 Å². The van der Waals surface area contributed by atoms with E-state index in [1.54, 1.807) is 11.3 Å². The van der Waals surface area contributed by atoms with Crippen LogP contribution < -0.4 is 9.80 Å². The fraction of sp³-hybridized carbons (Fsp3) is 0.211. The molecular formula is C19H20N6S. The number of benzene rings is 1. The Hall–Kier alpha value is -2.93. The van der Waals surface area contributed by atoms with E-state index >= 15 is 0 Å². The molecule has 3 heterocycles. The number of hydrogen-bond acceptors (Lipinski definition) is 6. The summed E-state index contributed by atoms with van der Waals surface area (Å²) in [7, 11) is 6.14. The summed E-state index contributed by atoms with van der Waals surface area (Å²) in [5.41, 5.74) is 4.22. The Morgan fingerprint density at radius 1 is 0.962 bits per heavy atom. The Balaban J connectivity index is 1.60. The van der Waals surface area contributed by atoms with Crippen LogP contribution in [0.2, 0.25) is 0 Å². The maximum atomic E-state index is 4.75. The Morgan fingerprint density at radius 3 is 2.46 bits per heavy atom. The van der Waals surface area contributed by atoms with Gasteiger partial charge < -0.3 is 9.80 Å². The smallest absolute Gasteiger partial charge is 0.186 e. The molecule has 26 heavy (non-hydrogen) atoms. The van der Waals surface area contributed by atoms with Crippen LogP contribution in [-0.4, -0.2) is 41.0 Å². The number of nitrogens with zero attached hydrogens (tertiary/aromatic N) is 6. The molecule has 132 valence electrons. The molecule has 3 aromatic heterocycles. The molecule has 0 saturated carbocycles. The van der Waals surface area contributed by atoms with E-state index in [-0.39, 0.29) is 0 Å². The molecule has 4 aromatic rings. The van der Waals surface area contributed by atoms with Crippen LogP contribution in [0.25, 0.3) is 17.0 Å². The van der Waals surface area contributed by atoms with Gasteiger partial charge in [0.25, 0.3) is 0 Å². The fourth-order valence-electron chi connectivity index (χ4n) is 2.81. The number of anilines is 2. The average Bonchev–Trinajstić information content (AvgIpc) is 3.30. The van der Waals surface area contributed by atoms with Gasteiger partial charge in [-0.25, -0.2) is 0 Å². The highest BCUT2D eigenvalue weighted by Gasteiger charge is 2.12. The van der Waals surface area contributed by atoms with E-state index in [4.69, 9.17) is 5.10 Å². The summed E-state index contributed by atoms with van der Waals surface area (Å²) >= 11 is 1.64. The van der Waals surface area contributed by atoms with Crippen molar-refractivity contribution in [1.82, 2.24) is 19.8 Å². The Labute approximate surface area is 156 Å². The van der Waals surface area contributed by atoms with E-state index in [1.807, 2.05) is 49.2 Å². The van der Waals surface area contributed by atoms with Gasteiger partial charge in [-0.2, -0.15) is 15.9 Å². The van der Waals surface area contributed by atoms with Gasteiger partial charge in [0.15, 0.2) is 11.5 Å². The lowest BCUT2D eigenvalue weighted by Crippen LogP contribution is -2.19. The first-order valence-electron chi connectivity index (χ1n) is 8.34. The second-order valence-corrected chi connectivity index (χ2v) is 7.19. The van der Waals surface area contributed by atoms with E-state index in [9.17, 15) is 0 Å². The standard InChI is InChI=1S/C19H20N6S/c1-23(2)16-6-4-14(5-7-16)12-24(3)18-9-8-17-20-21-19(25(17)22-18)15-10-11-26-13-15/h4-11,13H,12H2,1-3H3. The molecule has 0 aliphatic carbocycles. The molecule has 0 aliphatic rings. The Morgan fingerprint density at radius 2 is 1.77 bits per heavy atom. The van der Waals surface area contributed by atoms with Crippen LogP contribution in [0.1, 0.15) is 5.56 Å². The Kier molecular flexibility index (Phi) is 4.30. The molecule has 0 N–H and O–H groups in total. The predicted molar refractivity (Wildman–Crippen MR) is 107 cm³/mol. The second kappa shape index (κ2) is 6.76. The lowest BCUT2D eigenvalue weighted by atomic mass is 10.2. The molecule has 0 radical (unpaired) electrons. The first-order valence-corrected chi connectivity index (χ1v) is 9.28. The fourth-order valence-corrected chi connectivity index (χ4v) is 3.44. The van der Waals surface area contributed by atoms with Gasteiger partial charge in [0.1, 0.15) is 5.82 Å². The average molecular weight is 364 g/mol. The summed E-state index contributed by atoms with van der Waals surface area (Å²) in [5.74, 6) is 1.65. The van der Waals surface area contributed by atoms with Crippen LogP contribution in [-0.2, 0) is 6.54 Å². The van der Waals surface area contributed by atoms with Crippen molar-refractivity contribution < 1.29 is 0 Å². The minimum atomic E-state index is 0.749. The molecule has 0 amide bonds. The number of thiophene rings is 1. The molecule has 0 bridgehead atoms. The molecule has 0 spiro atoms. The summed E-state index contributed by atoms with van der Waals surface area (Å²) in [4.78, 5) is 4.22. The molecular weight excluding hydrogens is 344 g/mol. The predicted octanol–water partition coefficient (Wildman–Crippen LogP) is 3.56. The quantitative estimate of drug-likeness (QED) is 0.542. The number of aromatic nitrogens is 4. The van der Waals surface area contributed by atoms with Crippen molar-refractivity contribution in [3.63, 3.8) is 0 Å². The van der Waals surface area contributed by atoms with Gasteiger partial charge in [-0.1, -0.05) is 12.1 Å². The zero-order chi connectivity index (χ0) is 18.1. The van der Waals surface area contributed by atoms with Gasteiger partial charge in [-0.05, 0) is 41.3 Å². The highest BCUT2D eigenvalue weighted by Crippen LogP contribution is 2.22. The largest absolute Gasteiger partial charge is 0.378 e. The summed E-state index contributed by atoms with van der Waals surface area (Å²) in [6, 6.07) is 14.5. The zero-order valence-electron chi connectivity index (χ0n) is 15.0. The van der Waals surface area contributed by atoms with Crippen LogP contribution in [0, 0.1) is 0 Å². The number of rotatable bonds is 5. The molecule has 0 saturated heterocycles. The van der Waals surface area contributed by atoms with Crippen molar-refractivity contribution in [2.75, 3.05) is 30.9 Å². The molecule has 0 aliphatic heterocycles. The van der Waals surface area contributed by atoms with Crippen LogP contribution in [0.3, 0.4) is 0 Å². The Bertz CT molecular complexity index is 1000. The molecule has 7 heteroatoms. The highest BCUT2D eigenvalue weighted by molar-refractivity contribution is 7.08. The maximum Gasteiger partial charge on any atom is 0.186 e. The van der Waals surface area contributed by atoms with Crippen LogP contribution in [0.4, 0.5) is 11.5 Å². The van der Waals surface area contributed by atoms with Crippen molar-refractivity contribution in [2.24, 2.45) is 0 Å². The van der Waals surface area contributed by atoms with Gasteiger partial charge in [0.05, 0.1) is 0 Å². The minimum absolute atomic E-state index is 0.749. The summed E-state index contributed by atoms with van der Waals surface area (Å²) in [6.45, 7) is 0.780. The third-order valence-corrected chi connectivity index (χ3v) is 4.97. The lowest BCUT2D eigenvalue weighted by molar-refractivity contribution is 0.842. The molecule has 0 fully saturated rings. The van der Waals surface area contributed by atoms with E-state index in [1.165, 1.54) is 11.3 Å². The molecule has 0 atom stereocenters. The number of hydrogen-bond donors (Lipinski definition) is 0. The van der Waals surface area contributed by atoms with E-state index in [2.05, 4.69) is 49.6 Å². The normalized spacial score (nSPS) is 11.0. The topological polar surface area (TPSA) is 49.6 Å². The van der Waals surface area contributed by atoms with E-state index in [0.29, 0.717) is 0 Å². The monoisotopic (exact) mass is 364 g/mol.